The number of carbonyl (C=O) groups excluding carboxylic acids is 1. The predicted octanol–water partition coefficient (Wildman–Crippen LogP) is 4.27. The Morgan fingerprint density at radius 1 is 1.10 bits per heavy atom. The lowest BCUT2D eigenvalue weighted by Crippen LogP contribution is -2.26. The molecule has 0 bridgehead atoms. The lowest BCUT2D eigenvalue weighted by molar-refractivity contribution is -0.129. The van der Waals surface area contributed by atoms with Gasteiger partial charge in [0.15, 0.2) is 5.82 Å². The van der Waals surface area contributed by atoms with E-state index in [2.05, 4.69) is 11.2 Å². The number of alkyl halides is 2. The zero-order valence-corrected chi connectivity index (χ0v) is 18.0. The molecule has 5 nitrogen and oxygen atoms in total. The van der Waals surface area contributed by atoms with E-state index < -0.39 is 5.92 Å². The second-order valence-electron chi connectivity index (χ2n) is 9.12. The Balaban J connectivity index is 1.61. The maximum Gasteiger partial charge on any atom is 0.248 e. The fourth-order valence-electron chi connectivity index (χ4n) is 4.79. The molecule has 2 aromatic heterocycles. The normalized spacial score (nSPS) is 22.1. The van der Waals surface area contributed by atoms with Gasteiger partial charge in [-0.15, -0.1) is 0 Å². The topological polar surface area (TPSA) is 51.0 Å². The average molecular weight is 417 g/mol. The molecule has 2 aromatic rings. The minimum Gasteiger partial charge on any atom is -0.345 e. The first-order valence-electron chi connectivity index (χ1n) is 10.9. The van der Waals surface area contributed by atoms with Gasteiger partial charge in [-0.05, 0) is 75.6 Å². The van der Waals surface area contributed by atoms with Crippen LogP contribution in [0.15, 0.2) is 18.2 Å². The number of hydrogen-bond donors (Lipinski definition) is 0. The van der Waals surface area contributed by atoms with E-state index in [0.29, 0.717) is 25.7 Å². The van der Waals surface area contributed by atoms with Gasteiger partial charge >= 0.3 is 0 Å². The van der Waals surface area contributed by atoms with Crippen molar-refractivity contribution in [1.29, 1.82) is 0 Å². The number of pyridine rings is 1. The van der Waals surface area contributed by atoms with Crippen LogP contribution in [0.1, 0.15) is 54.7 Å². The zero-order valence-electron chi connectivity index (χ0n) is 18.0. The quantitative estimate of drug-likeness (QED) is 0.731. The van der Waals surface area contributed by atoms with Crippen LogP contribution in [0, 0.1) is 25.7 Å². The molecule has 0 aromatic carbocycles. The van der Waals surface area contributed by atoms with Crippen LogP contribution in [-0.4, -0.2) is 45.1 Å². The van der Waals surface area contributed by atoms with Gasteiger partial charge in [-0.25, -0.2) is 18.4 Å². The lowest BCUT2D eigenvalue weighted by atomic mass is 9.83. The molecule has 1 amide bonds. The van der Waals surface area contributed by atoms with E-state index in [1.54, 1.807) is 4.90 Å². The van der Waals surface area contributed by atoms with E-state index in [0.717, 1.165) is 41.4 Å². The first-order valence-corrected chi connectivity index (χ1v) is 10.9. The van der Waals surface area contributed by atoms with Crippen molar-refractivity contribution in [2.45, 2.75) is 64.7 Å². The minimum absolute atomic E-state index is 0.00748. The second-order valence-corrected chi connectivity index (χ2v) is 9.12. The molecule has 7 heteroatoms. The highest BCUT2D eigenvalue weighted by Gasteiger charge is 2.35. The molecule has 0 radical (unpaired) electrons. The fraction of sp³-hybridized carbons (Fsp3) is 0.609. The first-order chi connectivity index (χ1) is 14.2. The van der Waals surface area contributed by atoms with Gasteiger partial charge in [0.1, 0.15) is 0 Å². The molecule has 4 rings (SSSR count). The number of halogens is 2. The Morgan fingerprint density at radius 3 is 2.43 bits per heavy atom. The van der Waals surface area contributed by atoms with Crippen LogP contribution in [0.2, 0.25) is 0 Å². The van der Waals surface area contributed by atoms with Crippen molar-refractivity contribution in [2.75, 3.05) is 13.6 Å². The van der Waals surface area contributed by atoms with Crippen LogP contribution in [0.25, 0.3) is 5.82 Å². The highest BCUT2D eigenvalue weighted by molar-refractivity contribution is 5.80. The van der Waals surface area contributed by atoms with Gasteiger partial charge < -0.3 is 4.90 Å². The van der Waals surface area contributed by atoms with E-state index in [-0.39, 0.29) is 30.6 Å². The second kappa shape index (κ2) is 8.08. The summed E-state index contributed by atoms with van der Waals surface area (Å²) in [5.74, 6) is -1.37. The number of rotatable bonds is 5. The average Bonchev–Trinajstić information content (AvgIpc) is 3.19. The van der Waals surface area contributed by atoms with E-state index in [9.17, 15) is 13.6 Å². The summed E-state index contributed by atoms with van der Waals surface area (Å²) >= 11 is 0. The van der Waals surface area contributed by atoms with Crippen molar-refractivity contribution >= 4 is 5.91 Å². The first kappa shape index (κ1) is 20.9. The van der Waals surface area contributed by atoms with E-state index in [4.69, 9.17) is 4.98 Å². The third kappa shape index (κ3) is 4.55. The molecule has 2 aliphatic rings. The summed E-state index contributed by atoms with van der Waals surface area (Å²) in [4.78, 5) is 19.0. The summed E-state index contributed by atoms with van der Waals surface area (Å²) in [5, 5.41) is 4.57. The number of aryl methyl sites for hydroxylation is 2. The van der Waals surface area contributed by atoms with Crippen LogP contribution in [0.5, 0.6) is 0 Å². The monoisotopic (exact) mass is 416 g/mol. The molecule has 1 aliphatic carbocycles. The Hall–Kier alpha value is -2.31. The molecule has 1 aliphatic heterocycles. The fourth-order valence-corrected chi connectivity index (χ4v) is 4.79. The van der Waals surface area contributed by atoms with Gasteiger partial charge in [-0.1, -0.05) is 0 Å². The molecule has 1 saturated carbocycles. The van der Waals surface area contributed by atoms with Crippen molar-refractivity contribution in [3.8, 4) is 5.82 Å². The summed E-state index contributed by atoms with van der Waals surface area (Å²) < 4.78 is 28.9. The van der Waals surface area contributed by atoms with E-state index >= 15 is 0 Å². The Labute approximate surface area is 176 Å². The molecule has 0 spiro atoms. The van der Waals surface area contributed by atoms with Gasteiger partial charge in [0.2, 0.25) is 11.8 Å². The molecule has 1 atom stereocenters. The summed E-state index contributed by atoms with van der Waals surface area (Å²) in [6, 6.07) is 6.09. The number of carbonyl (C=O) groups is 1. The van der Waals surface area contributed by atoms with Gasteiger partial charge in [0, 0.05) is 43.7 Å². The molecule has 30 heavy (non-hydrogen) atoms. The molecule has 162 valence electrons. The third-order valence-corrected chi connectivity index (χ3v) is 6.51. The molecule has 2 fully saturated rings. The van der Waals surface area contributed by atoms with Crippen molar-refractivity contribution in [3.05, 3.63) is 40.8 Å². The van der Waals surface area contributed by atoms with Gasteiger partial charge in [0.05, 0.1) is 5.69 Å². The molecular formula is C23H30F2N4O. The maximum absolute atomic E-state index is 13.5. The third-order valence-electron chi connectivity index (χ3n) is 6.51. The molecular weight excluding hydrogens is 386 g/mol. The smallest absolute Gasteiger partial charge is 0.248 e. The highest BCUT2D eigenvalue weighted by Crippen LogP contribution is 2.37. The summed E-state index contributed by atoms with van der Waals surface area (Å²) in [5.41, 5.74) is 3.89. The van der Waals surface area contributed by atoms with Crippen molar-refractivity contribution in [1.82, 2.24) is 19.7 Å². The SMILES string of the molecule is Cc1cc(C)n(-c2cc(CC3CCN(C)C3=O)cc(CC3CCC(F)(F)CC3)n2)n1. The Bertz CT molecular complexity index is 929. The number of nitrogens with zero attached hydrogens (tertiary/aromatic N) is 4. The summed E-state index contributed by atoms with van der Waals surface area (Å²) in [6.07, 6.45) is 3.21. The van der Waals surface area contributed by atoms with E-state index in [1.165, 1.54) is 0 Å². The number of likely N-dealkylation sites (tertiary alicyclic amines) is 1. The Morgan fingerprint density at radius 2 is 1.83 bits per heavy atom. The number of hydrogen-bond acceptors (Lipinski definition) is 3. The standard InChI is InChI=1S/C23H30F2N4O/c1-15-10-16(2)29(27-15)21-14-18(11-19-6-9-28(3)22(19)30)13-20(26-21)12-17-4-7-23(24,25)8-5-17/h10,13-14,17,19H,4-9,11-12H2,1-3H3. The largest absolute Gasteiger partial charge is 0.345 e. The zero-order chi connectivity index (χ0) is 21.5. The molecule has 1 saturated heterocycles. The van der Waals surface area contributed by atoms with Crippen molar-refractivity contribution < 1.29 is 13.6 Å². The maximum atomic E-state index is 13.5. The van der Waals surface area contributed by atoms with Crippen LogP contribution >= 0.6 is 0 Å². The number of aromatic nitrogens is 3. The van der Waals surface area contributed by atoms with Gasteiger partial charge in [0.25, 0.3) is 0 Å². The summed E-state index contributed by atoms with van der Waals surface area (Å²) in [7, 11) is 1.85. The van der Waals surface area contributed by atoms with Crippen molar-refractivity contribution in [3.63, 3.8) is 0 Å². The highest BCUT2D eigenvalue weighted by atomic mass is 19.3. The molecule has 1 unspecified atom stereocenters. The van der Waals surface area contributed by atoms with Gasteiger partial charge in [-0.2, -0.15) is 5.10 Å². The van der Waals surface area contributed by atoms with Crippen LogP contribution in [0.4, 0.5) is 8.78 Å². The van der Waals surface area contributed by atoms with Gasteiger partial charge in [-0.3, -0.25) is 4.79 Å². The van der Waals surface area contributed by atoms with Crippen LogP contribution in [0.3, 0.4) is 0 Å². The van der Waals surface area contributed by atoms with Crippen LogP contribution < -0.4 is 0 Å². The minimum atomic E-state index is -2.52. The lowest BCUT2D eigenvalue weighted by Gasteiger charge is -2.28. The van der Waals surface area contributed by atoms with Crippen molar-refractivity contribution in [2.24, 2.45) is 11.8 Å². The predicted molar refractivity (Wildman–Crippen MR) is 111 cm³/mol. The molecule has 0 N–H and O–H groups in total. The van der Waals surface area contributed by atoms with E-state index in [1.807, 2.05) is 37.7 Å². The summed E-state index contributed by atoms with van der Waals surface area (Å²) in [6.45, 7) is 4.73. The molecule has 3 heterocycles. The van der Waals surface area contributed by atoms with Crippen LogP contribution in [-0.2, 0) is 17.6 Å². The number of amides is 1. The Kier molecular flexibility index (Phi) is 5.64.